The van der Waals surface area contributed by atoms with E-state index < -0.39 is 0 Å². The molecule has 0 unspecified atom stereocenters. The molecule has 0 amide bonds. The van der Waals surface area contributed by atoms with Gasteiger partial charge in [-0.2, -0.15) is 0 Å². The summed E-state index contributed by atoms with van der Waals surface area (Å²) >= 11 is 0. The molecule has 0 bridgehead atoms. The zero-order valence-electron chi connectivity index (χ0n) is 10.6. The second kappa shape index (κ2) is 5.56. The number of hydrogen-bond donors (Lipinski definition) is 1. The lowest BCUT2D eigenvalue weighted by Crippen LogP contribution is -1.97. The summed E-state index contributed by atoms with van der Waals surface area (Å²) in [4.78, 5) is 0. The maximum Gasteiger partial charge on any atom is 0.131 e. The summed E-state index contributed by atoms with van der Waals surface area (Å²) < 4.78 is 11.0. The van der Waals surface area contributed by atoms with Crippen LogP contribution in [0.15, 0.2) is 42.5 Å². The standard InChI is InChI=1S/C15H17NO2/c1-11-6-7-12(10-16)8-15(11)18-14-5-3-4-13(9-14)17-2/h3-9H,10,16H2,1-2H3. The highest BCUT2D eigenvalue weighted by Crippen LogP contribution is 2.28. The number of methoxy groups -OCH3 is 1. The zero-order valence-corrected chi connectivity index (χ0v) is 10.6. The van der Waals surface area contributed by atoms with Crippen molar-refractivity contribution in [3.8, 4) is 17.2 Å². The van der Waals surface area contributed by atoms with Crippen molar-refractivity contribution in [2.45, 2.75) is 13.5 Å². The molecule has 3 nitrogen and oxygen atoms in total. The van der Waals surface area contributed by atoms with Gasteiger partial charge >= 0.3 is 0 Å². The first-order chi connectivity index (χ1) is 8.72. The highest BCUT2D eigenvalue weighted by molar-refractivity contribution is 5.41. The van der Waals surface area contributed by atoms with Crippen molar-refractivity contribution in [3.63, 3.8) is 0 Å². The van der Waals surface area contributed by atoms with E-state index >= 15 is 0 Å². The predicted molar refractivity (Wildman–Crippen MR) is 72.1 cm³/mol. The van der Waals surface area contributed by atoms with Gasteiger partial charge in [0.15, 0.2) is 0 Å². The van der Waals surface area contributed by atoms with Crippen LogP contribution >= 0.6 is 0 Å². The summed E-state index contributed by atoms with van der Waals surface area (Å²) in [5.74, 6) is 2.36. The van der Waals surface area contributed by atoms with Gasteiger partial charge in [0.25, 0.3) is 0 Å². The Labute approximate surface area is 107 Å². The molecule has 2 aromatic carbocycles. The fraction of sp³-hybridized carbons (Fsp3) is 0.200. The molecule has 94 valence electrons. The van der Waals surface area contributed by atoms with Crippen LogP contribution < -0.4 is 15.2 Å². The molecule has 2 rings (SSSR count). The number of rotatable bonds is 4. The van der Waals surface area contributed by atoms with E-state index in [2.05, 4.69) is 0 Å². The predicted octanol–water partition coefficient (Wildman–Crippen LogP) is 3.25. The highest BCUT2D eigenvalue weighted by atomic mass is 16.5. The van der Waals surface area contributed by atoms with E-state index in [0.29, 0.717) is 6.54 Å². The summed E-state index contributed by atoms with van der Waals surface area (Å²) in [5, 5.41) is 0. The molecule has 0 spiro atoms. The Morgan fingerprint density at radius 2 is 1.83 bits per heavy atom. The van der Waals surface area contributed by atoms with E-state index in [9.17, 15) is 0 Å². The van der Waals surface area contributed by atoms with E-state index in [1.165, 1.54) is 0 Å². The Hall–Kier alpha value is -2.00. The van der Waals surface area contributed by atoms with E-state index in [4.69, 9.17) is 15.2 Å². The van der Waals surface area contributed by atoms with Gasteiger partial charge in [-0.3, -0.25) is 0 Å². The van der Waals surface area contributed by atoms with Crippen LogP contribution in [0, 0.1) is 6.92 Å². The number of nitrogens with two attached hydrogens (primary N) is 1. The lowest BCUT2D eigenvalue weighted by atomic mass is 10.1. The third-order valence-corrected chi connectivity index (χ3v) is 2.76. The monoisotopic (exact) mass is 243 g/mol. The fourth-order valence-corrected chi connectivity index (χ4v) is 1.67. The molecule has 0 saturated heterocycles. The van der Waals surface area contributed by atoms with Crippen molar-refractivity contribution in [1.82, 2.24) is 0 Å². The van der Waals surface area contributed by atoms with Gasteiger partial charge in [-0.15, -0.1) is 0 Å². The van der Waals surface area contributed by atoms with Gasteiger partial charge in [0.2, 0.25) is 0 Å². The average Bonchev–Trinajstić information content (AvgIpc) is 2.41. The fourth-order valence-electron chi connectivity index (χ4n) is 1.67. The Morgan fingerprint density at radius 1 is 1.06 bits per heavy atom. The molecule has 0 aromatic heterocycles. The van der Waals surface area contributed by atoms with Crippen LogP contribution in [0.1, 0.15) is 11.1 Å². The third-order valence-electron chi connectivity index (χ3n) is 2.76. The van der Waals surface area contributed by atoms with Crippen LogP contribution in [0.3, 0.4) is 0 Å². The largest absolute Gasteiger partial charge is 0.497 e. The first-order valence-electron chi connectivity index (χ1n) is 5.84. The summed E-state index contributed by atoms with van der Waals surface area (Å²) in [6, 6.07) is 13.5. The smallest absolute Gasteiger partial charge is 0.131 e. The van der Waals surface area contributed by atoms with Crippen LogP contribution in [0.4, 0.5) is 0 Å². The molecule has 0 aliphatic heterocycles. The molecule has 0 radical (unpaired) electrons. The van der Waals surface area contributed by atoms with E-state index in [0.717, 1.165) is 28.4 Å². The minimum absolute atomic E-state index is 0.509. The van der Waals surface area contributed by atoms with Crippen molar-refractivity contribution >= 4 is 0 Å². The maximum absolute atomic E-state index is 5.86. The van der Waals surface area contributed by atoms with Crippen LogP contribution in [-0.2, 0) is 6.54 Å². The third kappa shape index (κ3) is 2.81. The van der Waals surface area contributed by atoms with Crippen molar-refractivity contribution < 1.29 is 9.47 Å². The maximum atomic E-state index is 5.86. The lowest BCUT2D eigenvalue weighted by Gasteiger charge is -2.11. The molecular formula is C15H17NO2. The lowest BCUT2D eigenvalue weighted by molar-refractivity contribution is 0.408. The van der Waals surface area contributed by atoms with Gasteiger partial charge in [-0.1, -0.05) is 18.2 Å². The zero-order chi connectivity index (χ0) is 13.0. The molecule has 18 heavy (non-hydrogen) atoms. The Kier molecular flexibility index (Phi) is 3.85. The molecule has 2 aromatic rings. The van der Waals surface area contributed by atoms with E-state index in [-0.39, 0.29) is 0 Å². The Balaban J connectivity index is 2.27. The first-order valence-corrected chi connectivity index (χ1v) is 5.84. The molecule has 0 fully saturated rings. The van der Waals surface area contributed by atoms with Crippen LogP contribution in [0.2, 0.25) is 0 Å². The van der Waals surface area contributed by atoms with Crippen LogP contribution in [-0.4, -0.2) is 7.11 Å². The molecule has 0 aliphatic carbocycles. The topological polar surface area (TPSA) is 44.5 Å². The normalized spacial score (nSPS) is 10.2. The molecule has 0 saturated carbocycles. The van der Waals surface area contributed by atoms with E-state index in [1.807, 2.05) is 49.4 Å². The van der Waals surface area contributed by atoms with Crippen molar-refractivity contribution in [2.75, 3.05) is 7.11 Å². The molecule has 3 heteroatoms. The summed E-state index contributed by atoms with van der Waals surface area (Å²) in [6.07, 6.45) is 0. The van der Waals surface area contributed by atoms with Crippen molar-refractivity contribution in [1.29, 1.82) is 0 Å². The molecule has 0 aliphatic rings. The SMILES string of the molecule is COc1cccc(Oc2cc(CN)ccc2C)c1. The second-order valence-electron chi connectivity index (χ2n) is 4.09. The Morgan fingerprint density at radius 3 is 2.56 bits per heavy atom. The summed E-state index contributed by atoms with van der Waals surface area (Å²) in [7, 11) is 1.64. The van der Waals surface area contributed by atoms with Gasteiger partial charge in [-0.05, 0) is 36.2 Å². The van der Waals surface area contributed by atoms with Gasteiger partial charge in [0, 0.05) is 12.6 Å². The quantitative estimate of drug-likeness (QED) is 0.896. The van der Waals surface area contributed by atoms with Gasteiger partial charge in [-0.25, -0.2) is 0 Å². The number of hydrogen-bond acceptors (Lipinski definition) is 3. The highest BCUT2D eigenvalue weighted by Gasteiger charge is 2.03. The van der Waals surface area contributed by atoms with Crippen molar-refractivity contribution in [3.05, 3.63) is 53.6 Å². The summed E-state index contributed by atoms with van der Waals surface area (Å²) in [6.45, 7) is 2.52. The molecular weight excluding hydrogens is 226 g/mol. The van der Waals surface area contributed by atoms with Crippen molar-refractivity contribution in [2.24, 2.45) is 5.73 Å². The summed E-state index contributed by atoms with van der Waals surface area (Å²) in [5.41, 5.74) is 7.77. The molecule has 0 atom stereocenters. The first kappa shape index (κ1) is 12.5. The number of ether oxygens (including phenoxy) is 2. The van der Waals surface area contributed by atoms with Crippen LogP contribution in [0.5, 0.6) is 17.2 Å². The Bertz CT molecular complexity index is 538. The van der Waals surface area contributed by atoms with Crippen LogP contribution in [0.25, 0.3) is 0 Å². The van der Waals surface area contributed by atoms with Gasteiger partial charge in [0.1, 0.15) is 17.2 Å². The minimum Gasteiger partial charge on any atom is -0.497 e. The number of aryl methyl sites for hydroxylation is 1. The minimum atomic E-state index is 0.509. The number of benzene rings is 2. The van der Waals surface area contributed by atoms with Gasteiger partial charge in [0.05, 0.1) is 7.11 Å². The van der Waals surface area contributed by atoms with E-state index in [1.54, 1.807) is 7.11 Å². The van der Waals surface area contributed by atoms with Gasteiger partial charge < -0.3 is 15.2 Å². The average molecular weight is 243 g/mol. The second-order valence-corrected chi connectivity index (χ2v) is 4.09. The molecule has 2 N–H and O–H groups in total. The molecule has 0 heterocycles.